The lowest BCUT2D eigenvalue weighted by molar-refractivity contribution is 0.669. The van der Waals surface area contributed by atoms with Gasteiger partial charge in [-0.1, -0.05) is 152 Å². The lowest BCUT2D eigenvalue weighted by Gasteiger charge is -2.14. The molecule has 11 aromatic carbocycles. The van der Waals surface area contributed by atoms with E-state index in [1.54, 1.807) is 11.3 Å². The third-order valence-electron chi connectivity index (χ3n) is 14.7. The van der Waals surface area contributed by atoms with Crippen molar-refractivity contribution < 1.29 is 4.42 Å². The number of nitrogens with zero attached hydrogens (tertiary/aromatic N) is 5. The zero-order chi connectivity index (χ0) is 47.0. The number of para-hydroxylation sites is 4. The van der Waals surface area contributed by atoms with Crippen LogP contribution >= 0.6 is 11.3 Å². The summed E-state index contributed by atoms with van der Waals surface area (Å²) in [5.74, 6) is 1.73. The van der Waals surface area contributed by atoms with Crippen molar-refractivity contribution in [2.75, 3.05) is 0 Å². The van der Waals surface area contributed by atoms with E-state index in [1.807, 2.05) is 12.1 Å². The van der Waals surface area contributed by atoms with Crippen LogP contribution in [0.3, 0.4) is 0 Å². The molecule has 0 fully saturated rings. The summed E-state index contributed by atoms with van der Waals surface area (Å²) >= 11 is 1.78. The molecule has 334 valence electrons. The molecule has 0 aliphatic rings. The summed E-state index contributed by atoms with van der Waals surface area (Å²) in [6.45, 7) is 0. The van der Waals surface area contributed by atoms with Crippen molar-refractivity contribution in [2.24, 2.45) is 0 Å². The maximum absolute atomic E-state index is 6.65. The van der Waals surface area contributed by atoms with Gasteiger partial charge in [0, 0.05) is 75.0 Å². The maximum atomic E-state index is 6.65. The van der Waals surface area contributed by atoms with E-state index >= 15 is 0 Å². The first kappa shape index (κ1) is 39.4. The van der Waals surface area contributed by atoms with E-state index in [0.717, 1.165) is 81.9 Å². The summed E-state index contributed by atoms with van der Waals surface area (Å²) in [7, 11) is 0. The Bertz CT molecular complexity index is 4900. The Hall–Kier alpha value is -9.43. The van der Waals surface area contributed by atoms with Gasteiger partial charge in [0.15, 0.2) is 17.5 Å². The molecule has 7 heteroatoms. The highest BCUT2D eigenvalue weighted by molar-refractivity contribution is 7.26. The average molecular weight is 936 g/mol. The molecule has 0 unspecified atom stereocenters. The third-order valence-corrected chi connectivity index (χ3v) is 15.9. The van der Waals surface area contributed by atoms with Crippen molar-refractivity contribution in [3.05, 3.63) is 224 Å². The first-order valence-electron chi connectivity index (χ1n) is 24.2. The molecule has 16 aromatic rings. The normalized spacial score (nSPS) is 12.2. The molecule has 16 rings (SSSR count). The van der Waals surface area contributed by atoms with E-state index in [2.05, 4.69) is 221 Å². The summed E-state index contributed by atoms with van der Waals surface area (Å²) in [6.07, 6.45) is 0. The molecular weight excluding hydrogens is 899 g/mol. The molecule has 5 heterocycles. The molecule has 0 spiro atoms. The Morgan fingerprint density at radius 2 is 0.944 bits per heavy atom. The van der Waals surface area contributed by atoms with Gasteiger partial charge >= 0.3 is 0 Å². The van der Waals surface area contributed by atoms with Gasteiger partial charge in [0.1, 0.15) is 11.2 Å². The first-order chi connectivity index (χ1) is 35.7. The van der Waals surface area contributed by atoms with Crippen molar-refractivity contribution >= 4 is 119 Å². The van der Waals surface area contributed by atoms with Crippen LogP contribution in [-0.2, 0) is 0 Å². The van der Waals surface area contributed by atoms with Crippen LogP contribution in [0.25, 0.3) is 153 Å². The number of fused-ring (bicyclic) bond motifs is 15. The summed E-state index contributed by atoms with van der Waals surface area (Å²) in [4.78, 5) is 16.3. The van der Waals surface area contributed by atoms with Crippen LogP contribution in [0.1, 0.15) is 0 Å². The standard InChI is InChI=1S/C65H37N5OS/c1-2-16-40-34-41(29-28-38(40)14-1)63-66-64(50-23-13-22-49-47-20-7-11-26-58(47)71-61(49)50)68-65(67-63)53-37-43(36-51-48-21-8-12-27-59(48)72-62(51)53)70-56-33-31-42(35-52(56)60-44-17-4-3-15-39(44)30-32-57(60)70)69-54-24-9-5-18-45(54)46-19-6-10-25-55(46)69/h1-37H. The number of thiophene rings is 1. The highest BCUT2D eigenvalue weighted by atomic mass is 32.1. The Morgan fingerprint density at radius 3 is 1.78 bits per heavy atom. The second-order valence-electron chi connectivity index (χ2n) is 18.7. The van der Waals surface area contributed by atoms with E-state index in [-0.39, 0.29) is 0 Å². The zero-order valence-electron chi connectivity index (χ0n) is 38.4. The number of benzene rings is 11. The predicted molar refractivity (Wildman–Crippen MR) is 300 cm³/mol. The molecule has 0 bridgehead atoms. The van der Waals surface area contributed by atoms with Crippen molar-refractivity contribution in [2.45, 2.75) is 0 Å². The zero-order valence-corrected chi connectivity index (χ0v) is 39.2. The average Bonchev–Trinajstić information content (AvgIpc) is 4.20. The molecule has 72 heavy (non-hydrogen) atoms. The molecule has 0 saturated heterocycles. The minimum absolute atomic E-state index is 0.549. The van der Waals surface area contributed by atoms with Gasteiger partial charge in [0.2, 0.25) is 0 Å². The largest absolute Gasteiger partial charge is 0.455 e. The molecule has 6 nitrogen and oxygen atoms in total. The Balaban J connectivity index is 0.993. The third kappa shape index (κ3) is 5.74. The fraction of sp³-hybridized carbons (Fsp3) is 0. The minimum atomic E-state index is 0.549. The molecule has 0 N–H and O–H groups in total. The quantitative estimate of drug-likeness (QED) is 0.172. The summed E-state index contributed by atoms with van der Waals surface area (Å²) in [5, 5.41) is 14.0. The molecule has 0 amide bonds. The lowest BCUT2D eigenvalue weighted by Crippen LogP contribution is -2.02. The summed E-state index contributed by atoms with van der Waals surface area (Å²) in [6, 6.07) is 80.5. The van der Waals surface area contributed by atoms with Gasteiger partial charge in [0.25, 0.3) is 0 Å². The fourth-order valence-electron chi connectivity index (χ4n) is 11.5. The molecule has 0 aliphatic carbocycles. The lowest BCUT2D eigenvalue weighted by atomic mass is 10.0. The molecular formula is C65H37N5OS. The van der Waals surface area contributed by atoms with Crippen LogP contribution in [0.4, 0.5) is 0 Å². The van der Waals surface area contributed by atoms with Gasteiger partial charge in [-0.05, 0) is 94.3 Å². The van der Waals surface area contributed by atoms with Gasteiger partial charge < -0.3 is 13.6 Å². The number of furan rings is 1. The Morgan fingerprint density at radius 1 is 0.347 bits per heavy atom. The predicted octanol–water partition coefficient (Wildman–Crippen LogP) is 17.6. The van der Waals surface area contributed by atoms with Crippen molar-refractivity contribution in [3.63, 3.8) is 0 Å². The van der Waals surface area contributed by atoms with Crippen LogP contribution in [0.2, 0.25) is 0 Å². The van der Waals surface area contributed by atoms with E-state index in [4.69, 9.17) is 19.4 Å². The van der Waals surface area contributed by atoms with Crippen LogP contribution in [0.15, 0.2) is 229 Å². The second kappa shape index (κ2) is 15.0. The van der Waals surface area contributed by atoms with Gasteiger partial charge in [-0.25, -0.2) is 15.0 Å². The van der Waals surface area contributed by atoms with E-state index in [0.29, 0.717) is 17.5 Å². The molecule has 0 radical (unpaired) electrons. The number of hydrogen-bond donors (Lipinski definition) is 0. The highest BCUT2D eigenvalue weighted by Crippen LogP contribution is 2.45. The summed E-state index contributed by atoms with van der Waals surface area (Å²) in [5.41, 5.74) is 11.0. The van der Waals surface area contributed by atoms with Crippen LogP contribution < -0.4 is 0 Å². The van der Waals surface area contributed by atoms with Crippen LogP contribution in [0, 0.1) is 0 Å². The number of aromatic nitrogens is 5. The number of hydrogen-bond acceptors (Lipinski definition) is 5. The van der Waals surface area contributed by atoms with E-state index in [1.165, 1.54) is 53.4 Å². The molecule has 0 aliphatic heterocycles. The number of rotatable bonds is 5. The van der Waals surface area contributed by atoms with E-state index in [9.17, 15) is 0 Å². The Labute approximate surface area is 414 Å². The molecule has 0 atom stereocenters. The second-order valence-corrected chi connectivity index (χ2v) is 19.8. The van der Waals surface area contributed by atoms with Gasteiger partial charge in [-0.15, -0.1) is 11.3 Å². The van der Waals surface area contributed by atoms with Gasteiger partial charge in [0.05, 0.1) is 27.6 Å². The van der Waals surface area contributed by atoms with Crippen LogP contribution in [-0.4, -0.2) is 24.1 Å². The van der Waals surface area contributed by atoms with Crippen molar-refractivity contribution in [1.29, 1.82) is 0 Å². The monoisotopic (exact) mass is 935 g/mol. The molecule has 0 saturated carbocycles. The smallest absolute Gasteiger partial charge is 0.167 e. The topological polar surface area (TPSA) is 61.7 Å². The van der Waals surface area contributed by atoms with Gasteiger partial charge in [-0.2, -0.15) is 0 Å². The minimum Gasteiger partial charge on any atom is -0.455 e. The van der Waals surface area contributed by atoms with E-state index < -0.39 is 0 Å². The Kier molecular flexibility index (Phi) is 8.23. The van der Waals surface area contributed by atoms with Crippen molar-refractivity contribution in [1.82, 2.24) is 24.1 Å². The van der Waals surface area contributed by atoms with Crippen molar-refractivity contribution in [3.8, 4) is 45.5 Å². The molecule has 5 aromatic heterocycles. The first-order valence-corrected chi connectivity index (χ1v) is 25.1. The highest BCUT2D eigenvalue weighted by Gasteiger charge is 2.24. The van der Waals surface area contributed by atoms with Crippen LogP contribution in [0.5, 0.6) is 0 Å². The summed E-state index contributed by atoms with van der Waals surface area (Å²) < 4.78 is 13.8. The SMILES string of the molecule is c1ccc2cc(-c3nc(-c4cccc5c4oc4ccccc45)nc(-c4cc(-n5c6ccc(-n7c8ccccc8c8ccccc87)cc6c6c7ccccc7ccc65)cc5c4sc4ccccc45)n3)ccc2c1. The van der Waals surface area contributed by atoms with Gasteiger partial charge in [-0.3, -0.25) is 0 Å². The maximum Gasteiger partial charge on any atom is 0.167 e. The fourth-order valence-corrected chi connectivity index (χ4v) is 12.7.